The highest BCUT2D eigenvalue weighted by Gasteiger charge is 2.72. The molecule has 1 aromatic carbocycles. The van der Waals surface area contributed by atoms with Crippen molar-refractivity contribution in [2.24, 2.45) is 17.8 Å². The Bertz CT molecular complexity index is 1220. The lowest BCUT2D eigenvalue weighted by Crippen LogP contribution is -2.56. The van der Waals surface area contributed by atoms with Crippen molar-refractivity contribution >= 4 is 46.6 Å². The van der Waals surface area contributed by atoms with Gasteiger partial charge in [0.2, 0.25) is 17.7 Å². The number of nitrogens with one attached hydrogen (secondary N) is 2. The minimum atomic E-state index is -1.15. The minimum absolute atomic E-state index is 0.106. The van der Waals surface area contributed by atoms with E-state index in [-0.39, 0.29) is 23.8 Å². The van der Waals surface area contributed by atoms with Crippen LogP contribution in [0.5, 0.6) is 0 Å². The van der Waals surface area contributed by atoms with Crippen LogP contribution in [0.4, 0.5) is 5.69 Å². The summed E-state index contributed by atoms with van der Waals surface area (Å²) in [6, 6.07) is 4.19. The lowest BCUT2D eigenvalue weighted by molar-refractivity contribution is -0.141. The van der Waals surface area contributed by atoms with Gasteiger partial charge in [0.05, 0.1) is 28.0 Å². The molecule has 1 saturated carbocycles. The smallest absolute Gasteiger partial charge is 0.246 e. The quantitative estimate of drug-likeness (QED) is 0.423. The summed E-state index contributed by atoms with van der Waals surface area (Å²) < 4.78 is 6.48. The molecule has 6 atom stereocenters. The third kappa shape index (κ3) is 5.53. The van der Waals surface area contributed by atoms with E-state index in [1.165, 1.54) is 19.3 Å². The molecule has 0 unspecified atom stereocenters. The summed E-state index contributed by atoms with van der Waals surface area (Å²) >= 11 is 12.2. The van der Waals surface area contributed by atoms with Crippen molar-refractivity contribution in [3.8, 4) is 0 Å². The van der Waals surface area contributed by atoms with E-state index < -0.39 is 29.6 Å². The molecule has 3 amide bonds. The second kappa shape index (κ2) is 11.9. The molecule has 4 fully saturated rings. The van der Waals surface area contributed by atoms with Crippen LogP contribution >= 0.6 is 23.2 Å². The van der Waals surface area contributed by atoms with E-state index in [9.17, 15) is 14.4 Å². The highest BCUT2D eigenvalue weighted by Crippen LogP contribution is 2.55. The van der Waals surface area contributed by atoms with Crippen LogP contribution in [0.3, 0.4) is 0 Å². The summed E-state index contributed by atoms with van der Waals surface area (Å²) in [5.41, 5.74) is -0.658. The van der Waals surface area contributed by atoms with Crippen LogP contribution in [0.2, 0.25) is 10.0 Å². The molecule has 1 aromatic rings. The van der Waals surface area contributed by atoms with Crippen molar-refractivity contribution in [2.45, 2.75) is 82.1 Å². The zero-order chi connectivity index (χ0) is 28.7. The zero-order valence-corrected chi connectivity index (χ0v) is 25.1. The Hall–Kier alpha value is -2.13. The SMILES string of the molecule is C[C@@H]1CCCN(CCCN2C(=O)[C@@H]3[C@@H](C(=O)Nc4ccc(Cl)c(Cl)c4)[C@@H]4C=C[C@@]3(O4)[C@H]2C(=O)NC2CCCCC2)C1. The minimum Gasteiger partial charge on any atom is -0.359 e. The van der Waals surface area contributed by atoms with E-state index in [0.717, 1.165) is 51.7 Å². The molecular formula is C31H40Cl2N4O4. The number of benzene rings is 1. The van der Waals surface area contributed by atoms with Gasteiger partial charge in [-0.05, 0) is 69.3 Å². The van der Waals surface area contributed by atoms with Crippen LogP contribution in [0.1, 0.15) is 58.3 Å². The molecule has 6 rings (SSSR count). The molecule has 4 heterocycles. The summed E-state index contributed by atoms with van der Waals surface area (Å²) in [6.45, 7) is 5.75. The number of hydrogen-bond donors (Lipinski definition) is 2. The number of piperidine rings is 1. The summed E-state index contributed by atoms with van der Waals surface area (Å²) in [4.78, 5) is 46.0. The molecule has 8 nitrogen and oxygen atoms in total. The van der Waals surface area contributed by atoms with E-state index in [0.29, 0.717) is 28.2 Å². The Morgan fingerprint density at radius 3 is 2.61 bits per heavy atom. The van der Waals surface area contributed by atoms with Gasteiger partial charge < -0.3 is 25.2 Å². The molecule has 0 aromatic heterocycles. The van der Waals surface area contributed by atoms with E-state index in [1.807, 2.05) is 12.2 Å². The van der Waals surface area contributed by atoms with Crippen LogP contribution in [-0.4, -0.2) is 77.5 Å². The number of fused-ring (bicyclic) bond motifs is 1. The highest BCUT2D eigenvalue weighted by atomic mass is 35.5. The van der Waals surface area contributed by atoms with Crippen molar-refractivity contribution in [1.29, 1.82) is 0 Å². The number of hydrogen-bond acceptors (Lipinski definition) is 5. The van der Waals surface area contributed by atoms with E-state index >= 15 is 0 Å². The summed E-state index contributed by atoms with van der Waals surface area (Å²) in [7, 11) is 0. The van der Waals surface area contributed by atoms with E-state index in [4.69, 9.17) is 27.9 Å². The van der Waals surface area contributed by atoms with Crippen molar-refractivity contribution in [3.63, 3.8) is 0 Å². The van der Waals surface area contributed by atoms with Crippen LogP contribution < -0.4 is 10.6 Å². The number of ether oxygens (including phenoxy) is 1. The molecular weight excluding hydrogens is 563 g/mol. The molecule has 10 heteroatoms. The summed E-state index contributed by atoms with van der Waals surface area (Å²) in [6.07, 6.45) is 11.6. The van der Waals surface area contributed by atoms with Gasteiger partial charge in [-0.15, -0.1) is 0 Å². The molecule has 5 aliphatic rings. The Labute approximate surface area is 252 Å². The van der Waals surface area contributed by atoms with Gasteiger partial charge in [0.1, 0.15) is 11.6 Å². The molecule has 3 saturated heterocycles. The number of likely N-dealkylation sites (tertiary alicyclic amines) is 2. The van der Waals surface area contributed by atoms with Crippen molar-refractivity contribution in [3.05, 3.63) is 40.4 Å². The molecule has 2 N–H and O–H groups in total. The van der Waals surface area contributed by atoms with Gasteiger partial charge in [0.15, 0.2) is 0 Å². The average Bonchev–Trinajstić information content (AvgIpc) is 3.59. The first kappa shape index (κ1) is 29.0. The van der Waals surface area contributed by atoms with Crippen molar-refractivity contribution in [1.82, 2.24) is 15.1 Å². The summed E-state index contributed by atoms with van der Waals surface area (Å²) in [5, 5.41) is 6.89. The van der Waals surface area contributed by atoms with Gasteiger partial charge >= 0.3 is 0 Å². The fourth-order valence-electron chi connectivity index (χ4n) is 7.79. The second-order valence-electron chi connectivity index (χ2n) is 12.6. The van der Waals surface area contributed by atoms with Crippen LogP contribution in [0.15, 0.2) is 30.4 Å². The number of carbonyl (C=O) groups excluding carboxylic acids is 3. The van der Waals surface area contributed by atoms with Gasteiger partial charge in [0.25, 0.3) is 0 Å². The first-order valence-corrected chi connectivity index (χ1v) is 16.0. The van der Waals surface area contributed by atoms with E-state index in [2.05, 4.69) is 22.5 Å². The Morgan fingerprint density at radius 1 is 1.05 bits per heavy atom. The van der Waals surface area contributed by atoms with Crippen LogP contribution in [-0.2, 0) is 19.1 Å². The molecule has 4 aliphatic heterocycles. The topological polar surface area (TPSA) is 91.0 Å². The molecule has 41 heavy (non-hydrogen) atoms. The third-order valence-electron chi connectivity index (χ3n) is 9.68. The molecule has 1 spiro atoms. The van der Waals surface area contributed by atoms with Crippen LogP contribution in [0, 0.1) is 17.8 Å². The number of amides is 3. The normalized spacial score (nSPS) is 33.3. The van der Waals surface area contributed by atoms with Gasteiger partial charge in [-0.3, -0.25) is 14.4 Å². The van der Waals surface area contributed by atoms with Gasteiger partial charge in [-0.25, -0.2) is 0 Å². The Morgan fingerprint density at radius 2 is 1.85 bits per heavy atom. The third-order valence-corrected chi connectivity index (χ3v) is 10.4. The average molecular weight is 604 g/mol. The molecule has 0 radical (unpaired) electrons. The number of carbonyl (C=O) groups is 3. The maximum atomic E-state index is 14.2. The standard InChI is InChI=1S/C31H40Cl2N4O4/c1-19-7-5-14-36(18-19)15-6-16-37-27(29(39)34-20-8-3-2-4-9-20)31-13-12-24(41-31)25(26(31)30(37)40)28(38)35-21-10-11-22(32)23(33)17-21/h10-13,17,19-20,24-27H,2-9,14-16,18H2,1H3,(H,34,39)(H,35,38)/t19-,24+,25+,26+,27-,31+/m1/s1. The largest absolute Gasteiger partial charge is 0.359 e. The van der Waals surface area contributed by atoms with E-state index in [1.54, 1.807) is 23.1 Å². The Kier molecular flexibility index (Phi) is 8.38. The predicted molar refractivity (Wildman–Crippen MR) is 159 cm³/mol. The predicted octanol–water partition coefficient (Wildman–Crippen LogP) is 4.65. The maximum Gasteiger partial charge on any atom is 0.246 e. The molecule has 222 valence electrons. The monoisotopic (exact) mass is 602 g/mol. The number of anilines is 1. The highest BCUT2D eigenvalue weighted by molar-refractivity contribution is 6.42. The maximum absolute atomic E-state index is 14.2. The number of rotatable bonds is 8. The van der Waals surface area contributed by atoms with Crippen LogP contribution in [0.25, 0.3) is 0 Å². The first-order chi connectivity index (χ1) is 19.8. The zero-order valence-electron chi connectivity index (χ0n) is 23.6. The fraction of sp³-hybridized carbons (Fsp3) is 0.645. The van der Waals surface area contributed by atoms with Gasteiger partial charge in [-0.2, -0.15) is 0 Å². The molecule has 1 aliphatic carbocycles. The summed E-state index contributed by atoms with van der Waals surface area (Å²) in [5.74, 6) is -1.52. The molecule has 2 bridgehead atoms. The van der Waals surface area contributed by atoms with Gasteiger partial charge in [-0.1, -0.05) is 61.5 Å². The number of halogens is 2. The number of nitrogens with zero attached hydrogens (tertiary/aromatic N) is 2. The van der Waals surface area contributed by atoms with Crippen molar-refractivity contribution < 1.29 is 19.1 Å². The fourth-order valence-corrected chi connectivity index (χ4v) is 8.09. The second-order valence-corrected chi connectivity index (χ2v) is 13.4. The van der Waals surface area contributed by atoms with Gasteiger partial charge in [0, 0.05) is 24.8 Å². The lowest BCUT2D eigenvalue weighted by atomic mass is 9.74. The lowest BCUT2D eigenvalue weighted by Gasteiger charge is -2.35. The van der Waals surface area contributed by atoms with Crippen molar-refractivity contribution in [2.75, 3.05) is 31.5 Å². The first-order valence-electron chi connectivity index (χ1n) is 15.2. The Balaban J connectivity index is 1.23.